The molecule has 0 N–H and O–H groups in total. The molecule has 2 amide bonds. The first kappa shape index (κ1) is 103. The second kappa shape index (κ2) is 39.6. The number of aromatic nitrogens is 2. The zero-order valence-corrected chi connectivity index (χ0v) is 101. The van der Waals surface area contributed by atoms with E-state index in [1.54, 1.807) is 93.4 Å². The number of nitrogens with zero attached hydrogens (tertiary/aromatic N) is 6. The minimum atomic E-state index is -0.102. The first-order chi connectivity index (χ1) is 64.5. The first-order valence-electron chi connectivity index (χ1n) is 45.4. The van der Waals surface area contributed by atoms with Gasteiger partial charge in [0.15, 0.2) is 16.9 Å². The zero-order chi connectivity index (χ0) is 99.7. The van der Waals surface area contributed by atoms with E-state index in [4.69, 9.17) is 26.3 Å². The van der Waals surface area contributed by atoms with Gasteiger partial charge in [0.1, 0.15) is 33.9 Å². The molecule has 0 saturated carbocycles. The van der Waals surface area contributed by atoms with Crippen LogP contribution in [0.2, 0.25) is 0 Å². The van der Waals surface area contributed by atoms with Gasteiger partial charge < -0.3 is 18.6 Å². The summed E-state index contributed by atoms with van der Waals surface area (Å²) in [4.78, 5) is 62.7. The van der Waals surface area contributed by atoms with Crippen molar-refractivity contribution in [2.45, 2.75) is 249 Å². The summed E-state index contributed by atoms with van der Waals surface area (Å²) in [5.74, 6) is 1.89. The number of aryl methyl sites for hydroxylation is 31. The van der Waals surface area contributed by atoms with Crippen molar-refractivity contribution in [3.8, 4) is 20.9 Å². The number of hydrogen-bond acceptors (Lipinski definition) is 23. The monoisotopic (exact) mass is 2230 g/mol. The Morgan fingerprint density at radius 1 is 0.314 bits per heavy atom. The minimum absolute atomic E-state index is 0.102. The second-order valence-electron chi connectivity index (χ2n) is 36.4. The molecule has 0 spiro atoms. The van der Waals surface area contributed by atoms with Crippen LogP contribution in [0.5, 0.6) is 0 Å². The van der Waals surface area contributed by atoms with E-state index in [0.29, 0.717) is 40.2 Å². The molecule has 18 aromatic heterocycles. The summed E-state index contributed by atoms with van der Waals surface area (Å²) in [6, 6.07) is 4.14. The van der Waals surface area contributed by atoms with Gasteiger partial charge in [0, 0.05) is 133 Å². The van der Waals surface area contributed by atoms with E-state index < -0.39 is 0 Å². The van der Waals surface area contributed by atoms with Gasteiger partial charge >= 0.3 is 85.2 Å². The zero-order valence-electron chi connectivity index (χ0n) is 85.3. The Morgan fingerprint density at radius 2 is 0.657 bits per heavy atom. The first-order valence-corrected chi connectivity index (χ1v) is 60.9. The standard InChI is InChI=1S/C20H18N4S4.C20H20N2O2S2.C16H18S2.C12H12S3.C11H12OS2.C10H12O2.C10H12S2.C10H12Se2/c1-7-9(3)19(25-11(7)5)13-15-17(23-27-21-15)14(18-16(13)22-28-24-18)20-10(4)8(2)12(6)26-20;1-9-7-13(25-11(9)3)17-15-16(20(24)21(17)5)18(22(6)19(15)23)14-8-10(2)12(4)26-14;1-7-11(5)17-15-10(4)14-8(2)12(6)18-16(14)9(3)13(7)15;1-5-7(3)13-11-9(5)15-10-6(2)8(4)14-12(10)11;1-5-9-7(3)13-8(4)11(9)14-10(5)6(2)12;3*1-5-7(3)11-10-6(2)8(4)12-9(5)10/h1-6H3;7-8H,1-6H3;1-6H3;1-4H3;1-4H3;3*1-4H3. The van der Waals surface area contributed by atoms with Crippen LogP contribution in [-0.2, 0) is 20.9 Å². The minimum Gasteiger partial charge on any atom is -0.457 e. The molecule has 21 heterocycles. The summed E-state index contributed by atoms with van der Waals surface area (Å²) >= 11 is 27.9. The van der Waals surface area contributed by atoms with Crippen LogP contribution in [0.3, 0.4) is 0 Å². The number of furan rings is 2. The molecular weight excluding hydrogens is 2110 g/mol. The van der Waals surface area contributed by atoms with E-state index in [0.717, 1.165) is 93.4 Å². The van der Waals surface area contributed by atoms with E-state index in [1.165, 1.54) is 233 Å². The molecule has 0 radical (unpaired) electrons. The SMILES string of the molecule is CC(=O)c1sc2c(C)sc(C)c2c1C.Cc1[se]c2c(C)c(C)[se]c2c1C.Cc1cc(C2=C3C(=O)N(C)C(c4cc(C)c(C)s4)=C3C(=O)N2C)sc1C.Cc1oc2c(C)c(C)oc2c1C.Cc1sc(-c2c3c(c(-c4sc(C)c(C)c4C)c4nsnc24)N=S=N3)c(C)c1C.Cc1sc2c(C)c(C)sc2c1C.Cc1sc2c(C)c3c(C)c(C)sc3c(C)c2c1C.Cc1sc2c(sc3c(C)c(C)sc32)c1C. The molecule has 0 aliphatic carbocycles. The van der Waals surface area contributed by atoms with Gasteiger partial charge in [-0.2, -0.15) is 17.5 Å². The van der Waals surface area contributed by atoms with Gasteiger partial charge in [-0.05, 0) is 317 Å². The Hall–Kier alpha value is -7.09. The van der Waals surface area contributed by atoms with Gasteiger partial charge in [0.25, 0.3) is 11.8 Å². The summed E-state index contributed by atoms with van der Waals surface area (Å²) in [5, 5.41) is 4.32. The van der Waals surface area contributed by atoms with Crippen molar-refractivity contribution in [1.29, 1.82) is 0 Å². The fourth-order valence-corrected chi connectivity index (χ4v) is 41.6. The maximum Gasteiger partial charge on any atom is 0.261 e. The number of carbonyl (C=O) groups is 3. The molecule has 20 aromatic rings. The Morgan fingerprint density at radius 3 is 0.993 bits per heavy atom. The number of rotatable bonds is 5. The Bertz CT molecular complexity index is 7910. The van der Waals surface area contributed by atoms with Crippen molar-refractivity contribution in [2.24, 2.45) is 8.73 Å². The van der Waals surface area contributed by atoms with Gasteiger partial charge in [0.2, 0.25) is 0 Å². The molecule has 0 fully saturated rings. The van der Waals surface area contributed by atoms with Gasteiger partial charge in [-0.1, -0.05) is 0 Å². The Labute approximate surface area is 876 Å². The molecule has 137 heavy (non-hydrogen) atoms. The van der Waals surface area contributed by atoms with Crippen molar-refractivity contribution >= 4 is 329 Å². The maximum atomic E-state index is 13.1. The van der Waals surface area contributed by atoms with Crippen molar-refractivity contribution in [2.75, 3.05) is 14.1 Å². The molecule has 0 atom stereocenters. The van der Waals surface area contributed by atoms with Crippen LogP contribution >= 0.6 is 159 Å². The molecular formula is C109H116N6O5S15Se2. The number of ketones is 1. The van der Waals surface area contributed by atoms with Crippen LogP contribution in [-0.4, -0.2) is 79.2 Å². The van der Waals surface area contributed by atoms with Crippen LogP contribution < -0.4 is 0 Å². The number of thiophene rings is 13. The Balaban J connectivity index is 0.000000116. The molecule has 2 aromatic carbocycles. The number of likely N-dealkylation sites (N-methyl/N-ethyl adjacent to an activating group) is 2. The van der Waals surface area contributed by atoms with Gasteiger partial charge in [-0.3, -0.25) is 14.4 Å². The molecule has 3 aliphatic rings. The summed E-state index contributed by atoms with van der Waals surface area (Å²) in [7, 11) is 3.52. The van der Waals surface area contributed by atoms with Crippen LogP contribution in [0.4, 0.5) is 11.4 Å². The van der Waals surface area contributed by atoms with E-state index in [2.05, 4.69) is 227 Å². The molecule has 23 rings (SSSR count). The number of fused-ring (bicyclic) bond motifs is 12. The molecule has 3 aliphatic heterocycles. The van der Waals surface area contributed by atoms with E-state index >= 15 is 0 Å². The predicted octanol–water partition coefficient (Wildman–Crippen LogP) is 36.9. The third kappa shape index (κ3) is 17.9. The summed E-state index contributed by atoms with van der Waals surface area (Å²) in [6.07, 6.45) is 0. The number of carbonyl (C=O) groups excluding carboxylic acids is 3. The average Bonchev–Trinajstić information content (AvgIpc) is 1.60. The third-order valence-electron chi connectivity index (χ3n) is 28.1. The summed E-state index contributed by atoms with van der Waals surface area (Å²) in [6.45, 7) is 77.9. The molecule has 714 valence electrons. The fourth-order valence-electron chi connectivity index (χ4n) is 17.8. The van der Waals surface area contributed by atoms with Crippen LogP contribution in [0.1, 0.15) is 211 Å². The van der Waals surface area contributed by atoms with Crippen LogP contribution in [0.15, 0.2) is 40.8 Å². The van der Waals surface area contributed by atoms with E-state index in [9.17, 15) is 14.4 Å². The molecule has 0 saturated heterocycles. The van der Waals surface area contributed by atoms with E-state index in [1.807, 2.05) is 141 Å². The Kier molecular flexibility index (Phi) is 29.7. The molecule has 0 unspecified atom stereocenters. The second-order valence-corrected chi connectivity index (χ2v) is 58.4. The van der Waals surface area contributed by atoms with Crippen molar-refractivity contribution in [3.63, 3.8) is 0 Å². The number of benzene rings is 2. The molecule has 11 nitrogen and oxygen atoms in total. The van der Waals surface area contributed by atoms with Gasteiger partial charge in [-0.15, -0.1) is 147 Å². The van der Waals surface area contributed by atoms with E-state index in [-0.39, 0.29) is 17.6 Å². The van der Waals surface area contributed by atoms with Gasteiger partial charge in [-0.25, -0.2) is 0 Å². The summed E-state index contributed by atoms with van der Waals surface area (Å²) < 4.78 is 50.1. The van der Waals surface area contributed by atoms with Crippen molar-refractivity contribution in [3.05, 3.63) is 223 Å². The smallest absolute Gasteiger partial charge is 0.261 e. The molecule has 0 bridgehead atoms. The van der Waals surface area contributed by atoms with Crippen LogP contribution in [0, 0.1) is 242 Å². The van der Waals surface area contributed by atoms with Crippen LogP contribution in [0.25, 0.3) is 121 Å². The number of Topliss-reactive ketones (excluding diaryl/α,β-unsaturated/α-hetero) is 1. The number of hydrogen-bond donors (Lipinski definition) is 0. The molecule has 28 heteroatoms. The quantitative estimate of drug-likeness (QED) is 0.124. The average molecular weight is 2230 g/mol. The van der Waals surface area contributed by atoms with Crippen molar-refractivity contribution < 1.29 is 23.2 Å². The topological polar surface area (TPSA) is 134 Å². The fraction of sp³-hybridized carbons (Fsp3) is 0.349. The normalized spacial score (nSPS) is 12.9. The largest absolute Gasteiger partial charge is 0.457 e. The van der Waals surface area contributed by atoms with Crippen molar-refractivity contribution in [1.82, 2.24) is 18.5 Å². The third-order valence-corrected chi connectivity index (χ3v) is 52.7. The summed E-state index contributed by atoms with van der Waals surface area (Å²) in [5.41, 5.74) is 36.5. The maximum absolute atomic E-state index is 13.1. The van der Waals surface area contributed by atoms with Gasteiger partial charge in [0.05, 0.1) is 90.2 Å². The predicted molar refractivity (Wildman–Crippen MR) is 617 cm³/mol. The number of amides is 2.